The van der Waals surface area contributed by atoms with Gasteiger partial charge >= 0.3 is 5.97 Å². The van der Waals surface area contributed by atoms with Crippen LogP contribution in [0.4, 0.5) is 0 Å². The summed E-state index contributed by atoms with van der Waals surface area (Å²) < 4.78 is 9.64. The SMILES string of the molecule is COC(=O)c1occc1CNC(C)C(=O)N(C)C. The number of nitrogens with one attached hydrogen (secondary N) is 1. The van der Waals surface area contributed by atoms with E-state index in [1.807, 2.05) is 0 Å². The molecule has 1 aromatic rings. The van der Waals surface area contributed by atoms with Crippen molar-refractivity contribution in [3.05, 3.63) is 23.7 Å². The van der Waals surface area contributed by atoms with Gasteiger partial charge in [-0.25, -0.2) is 4.79 Å². The Bertz CT molecular complexity index is 425. The Morgan fingerprint density at radius 1 is 1.50 bits per heavy atom. The summed E-state index contributed by atoms with van der Waals surface area (Å²) in [5, 5.41) is 3.03. The fourth-order valence-electron chi connectivity index (χ4n) is 1.48. The van der Waals surface area contributed by atoms with Gasteiger partial charge in [-0.15, -0.1) is 0 Å². The van der Waals surface area contributed by atoms with Crippen LogP contribution in [0.25, 0.3) is 0 Å². The van der Waals surface area contributed by atoms with Crippen LogP contribution < -0.4 is 5.32 Å². The van der Waals surface area contributed by atoms with Gasteiger partial charge in [-0.1, -0.05) is 0 Å². The van der Waals surface area contributed by atoms with Crippen LogP contribution >= 0.6 is 0 Å². The maximum absolute atomic E-state index is 11.6. The molecule has 0 spiro atoms. The smallest absolute Gasteiger partial charge is 0.374 e. The van der Waals surface area contributed by atoms with E-state index in [0.717, 1.165) is 0 Å². The molecule has 1 atom stereocenters. The highest BCUT2D eigenvalue weighted by Crippen LogP contribution is 2.11. The molecule has 0 bridgehead atoms. The Labute approximate surface area is 106 Å². The molecule has 1 heterocycles. The van der Waals surface area contributed by atoms with Crippen LogP contribution in [0.15, 0.2) is 16.7 Å². The first kappa shape index (κ1) is 14.2. The van der Waals surface area contributed by atoms with Crippen molar-refractivity contribution in [1.82, 2.24) is 10.2 Å². The highest BCUT2D eigenvalue weighted by atomic mass is 16.5. The number of methoxy groups -OCH3 is 1. The molecular formula is C12H18N2O4. The van der Waals surface area contributed by atoms with E-state index in [-0.39, 0.29) is 17.7 Å². The van der Waals surface area contributed by atoms with Crippen molar-refractivity contribution in [3.8, 4) is 0 Å². The molecule has 0 saturated heterocycles. The number of carbonyl (C=O) groups excluding carboxylic acids is 2. The van der Waals surface area contributed by atoms with Crippen LogP contribution in [0.1, 0.15) is 23.0 Å². The van der Waals surface area contributed by atoms with Crippen LogP contribution in [0, 0.1) is 0 Å². The molecule has 18 heavy (non-hydrogen) atoms. The molecular weight excluding hydrogens is 236 g/mol. The van der Waals surface area contributed by atoms with Gasteiger partial charge < -0.3 is 19.4 Å². The molecule has 0 aromatic carbocycles. The number of hydrogen-bond donors (Lipinski definition) is 1. The van der Waals surface area contributed by atoms with Crippen molar-refractivity contribution >= 4 is 11.9 Å². The second kappa shape index (κ2) is 6.20. The molecule has 0 saturated carbocycles. The third-order valence-corrected chi connectivity index (χ3v) is 2.53. The Morgan fingerprint density at radius 2 is 2.17 bits per heavy atom. The number of ether oxygens (including phenoxy) is 1. The summed E-state index contributed by atoms with van der Waals surface area (Å²) in [5.74, 6) is -0.393. The molecule has 1 rings (SSSR count). The Kier molecular flexibility index (Phi) is 4.91. The zero-order valence-corrected chi connectivity index (χ0v) is 11.0. The van der Waals surface area contributed by atoms with Crippen LogP contribution in [0.3, 0.4) is 0 Å². The number of carbonyl (C=O) groups is 2. The van der Waals surface area contributed by atoms with Crippen LogP contribution in [0.2, 0.25) is 0 Å². The first-order valence-corrected chi connectivity index (χ1v) is 5.56. The molecule has 0 fully saturated rings. The Balaban J connectivity index is 2.62. The van der Waals surface area contributed by atoms with Crippen LogP contribution in [-0.4, -0.2) is 44.0 Å². The zero-order valence-electron chi connectivity index (χ0n) is 11.0. The van der Waals surface area contributed by atoms with Crippen LogP contribution in [-0.2, 0) is 16.1 Å². The van der Waals surface area contributed by atoms with Gasteiger partial charge in [0, 0.05) is 26.2 Å². The average Bonchev–Trinajstić information content (AvgIpc) is 2.82. The van der Waals surface area contributed by atoms with Gasteiger partial charge in [0.05, 0.1) is 19.4 Å². The van der Waals surface area contributed by atoms with Gasteiger partial charge in [0.1, 0.15) is 0 Å². The number of nitrogens with zero attached hydrogens (tertiary/aromatic N) is 1. The minimum atomic E-state index is -0.525. The van der Waals surface area contributed by atoms with E-state index in [1.165, 1.54) is 18.3 Å². The normalized spacial score (nSPS) is 12.0. The number of hydrogen-bond acceptors (Lipinski definition) is 5. The largest absolute Gasteiger partial charge is 0.463 e. The summed E-state index contributed by atoms with van der Waals surface area (Å²) >= 11 is 0. The summed E-state index contributed by atoms with van der Waals surface area (Å²) in [4.78, 5) is 24.5. The summed E-state index contributed by atoms with van der Waals surface area (Å²) in [6.45, 7) is 2.13. The number of rotatable bonds is 5. The maximum atomic E-state index is 11.6. The first-order valence-electron chi connectivity index (χ1n) is 5.56. The fourth-order valence-corrected chi connectivity index (χ4v) is 1.48. The van der Waals surface area contributed by atoms with Crippen molar-refractivity contribution in [2.75, 3.05) is 21.2 Å². The lowest BCUT2D eigenvalue weighted by Gasteiger charge is -2.17. The molecule has 6 heteroatoms. The van der Waals surface area contributed by atoms with E-state index in [4.69, 9.17) is 4.42 Å². The summed E-state index contributed by atoms with van der Waals surface area (Å²) in [6, 6.07) is 1.34. The van der Waals surface area contributed by atoms with Gasteiger partial charge in [-0.2, -0.15) is 0 Å². The molecule has 0 aliphatic heterocycles. The van der Waals surface area contributed by atoms with Gasteiger partial charge in [-0.3, -0.25) is 4.79 Å². The number of furan rings is 1. The van der Waals surface area contributed by atoms with Crippen molar-refractivity contribution in [3.63, 3.8) is 0 Å². The molecule has 100 valence electrons. The van der Waals surface area contributed by atoms with E-state index in [0.29, 0.717) is 12.1 Å². The second-order valence-electron chi connectivity index (χ2n) is 4.10. The van der Waals surface area contributed by atoms with Crippen LogP contribution in [0.5, 0.6) is 0 Å². The van der Waals surface area contributed by atoms with Crippen molar-refractivity contribution in [1.29, 1.82) is 0 Å². The fraction of sp³-hybridized carbons (Fsp3) is 0.500. The lowest BCUT2D eigenvalue weighted by atomic mass is 10.2. The molecule has 1 aromatic heterocycles. The van der Waals surface area contributed by atoms with E-state index >= 15 is 0 Å². The standard InChI is InChI=1S/C12H18N2O4/c1-8(11(15)14(2)3)13-7-9-5-6-18-10(9)12(16)17-4/h5-6,8,13H,7H2,1-4H3. The monoisotopic (exact) mass is 254 g/mol. The number of esters is 1. The Morgan fingerprint density at radius 3 is 2.72 bits per heavy atom. The van der Waals surface area contributed by atoms with Crippen molar-refractivity contribution < 1.29 is 18.7 Å². The molecule has 1 N–H and O–H groups in total. The van der Waals surface area contributed by atoms with E-state index in [1.54, 1.807) is 27.1 Å². The van der Waals surface area contributed by atoms with E-state index in [9.17, 15) is 9.59 Å². The highest BCUT2D eigenvalue weighted by Gasteiger charge is 2.18. The quantitative estimate of drug-likeness (QED) is 0.780. The van der Waals surface area contributed by atoms with Gasteiger partial charge in [-0.05, 0) is 13.0 Å². The zero-order chi connectivity index (χ0) is 13.7. The molecule has 0 radical (unpaired) electrons. The maximum Gasteiger partial charge on any atom is 0.374 e. The molecule has 6 nitrogen and oxygen atoms in total. The van der Waals surface area contributed by atoms with Crippen molar-refractivity contribution in [2.24, 2.45) is 0 Å². The van der Waals surface area contributed by atoms with Gasteiger partial charge in [0.2, 0.25) is 11.7 Å². The summed E-state index contributed by atoms with van der Waals surface area (Å²) in [5.41, 5.74) is 0.667. The lowest BCUT2D eigenvalue weighted by Crippen LogP contribution is -2.41. The third-order valence-electron chi connectivity index (χ3n) is 2.53. The second-order valence-corrected chi connectivity index (χ2v) is 4.10. The summed E-state index contributed by atoms with van der Waals surface area (Å²) in [6.07, 6.45) is 1.42. The average molecular weight is 254 g/mol. The highest BCUT2D eigenvalue weighted by molar-refractivity contribution is 5.87. The topological polar surface area (TPSA) is 71.8 Å². The molecule has 0 aliphatic carbocycles. The Hall–Kier alpha value is -1.82. The van der Waals surface area contributed by atoms with Gasteiger partial charge in [0.25, 0.3) is 0 Å². The number of likely N-dealkylation sites (N-methyl/N-ethyl adjacent to an activating group) is 1. The summed E-state index contributed by atoms with van der Waals surface area (Å²) in [7, 11) is 4.68. The van der Waals surface area contributed by atoms with Crippen molar-refractivity contribution in [2.45, 2.75) is 19.5 Å². The predicted octanol–water partition coefficient (Wildman–Crippen LogP) is 0.632. The first-order chi connectivity index (χ1) is 8.47. The van der Waals surface area contributed by atoms with Gasteiger partial charge in [0.15, 0.2) is 0 Å². The lowest BCUT2D eigenvalue weighted by molar-refractivity contribution is -0.130. The number of amides is 1. The molecule has 1 unspecified atom stereocenters. The molecule has 1 amide bonds. The third kappa shape index (κ3) is 3.33. The molecule has 0 aliphatic rings. The van der Waals surface area contributed by atoms with E-state index < -0.39 is 5.97 Å². The minimum Gasteiger partial charge on any atom is -0.463 e. The van der Waals surface area contributed by atoms with E-state index in [2.05, 4.69) is 10.1 Å². The minimum absolute atomic E-state index is 0.0295. The predicted molar refractivity (Wildman–Crippen MR) is 65.0 cm³/mol.